The van der Waals surface area contributed by atoms with E-state index in [-0.39, 0.29) is 28.7 Å². The van der Waals surface area contributed by atoms with Crippen LogP contribution in [0.3, 0.4) is 0 Å². The number of aromatic nitrogens is 1. The molecule has 3 N–H and O–H groups in total. The maximum atomic E-state index is 13.0. The van der Waals surface area contributed by atoms with Crippen LogP contribution >= 0.6 is 0 Å². The Morgan fingerprint density at radius 3 is 2.74 bits per heavy atom. The molecule has 5 atom stereocenters. The fourth-order valence-corrected chi connectivity index (χ4v) is 6.63. The van der Waals surface area contributed by atoms with Gasteiger partial charge in [0.25, 0.3) is 5.91 Å². The summed E-state index contributed by atoms with van der Waals surface area (Å²) in [6.07, 6.45) is 8.22. The lowest BCUT2D eigenvalue weighted by Gasteiger charge is -2.55. The van der Waals surface area contributed by atoms with Gasteiger partial charge in [0, 0.05) is 6.54 Å². The normalized spacial score (nSPS) is 28.2. The lowest BCUT2D eigenvalue weighted by atomic mass is 9.49. The van der Waals surface area contributed by atoms with Gasteiger partial charge in [-0.05, 0) is 71.0 Å². The average molecular weight is 466 g/mol. The van der Waals surface area contributed by atoms with Crippen LogP contribution in [0.4, 0.5) is 0 Å². The molecule has 5 unspecified atom stereocenters. The molecule has 0 saturated heterocycles. The first-order chi connectivity index (χ1) is 16.1. The lowest BCUT2D eigenvalue weighted by molar-refractivity contribution is 0.0254. The van der Waals surface area contributed by atoms with Gasteiger partial charge in [0.1, 0.15) is 6.26 Å². The van der Waals surface area contributed by atoms with E-state index in [9.17, 15) is 4.79 Å². The highest BCUT2D eigenvalue weighted by atomic mass is 16.3. The summed E-state index contributed by atoms with van der Waals surface area (Å²) in [6.45, 7) is 14.2. The highest BCUT2D eigenvalue weighted by Crippen LogP contribution is 2.57. The number of benzene rings is 1. The number of aryl methyl sites for hydroxylation is 1. The molecule has 0 spiro atoms. The van der Waals surface area contributed by atoms with Gasteiger partial charge in [-0.25, -0.2) is 4.98 Å². The SMILES string of the molecule is CCC(C)C(N)c1nc(C(=O)NCC2(C)CCCC3(C)c4ccc(C(C)C)cc4CCC23)co1. The smallest absolute Gasteiger partial charge is 0.273 e. The average Bonchev–Trinajstić information content (AvgIpc) is 3.31. The molecule has 0 bridgehead atoms. The molecule has 2 aliphatic carbocycles. The van der Waals surface area contributed by atoms with E-state index in [4.69, 9.17) is 10.2 Å². The first kappa shape index (κ1) is 25.0. The third kappa shape index (κ3) is 4.44. The second-order valence-electron chi connectivity index (χ2n) is 11.8. The van der Waals surface area contributed by atoms with Gasteiger partial charge in [0.05, 0.1) is 6.04 Å². The van der Waals surface area contributed by atoms with Crippen molar-refractivity contribution in [3.05, 3.63) is 52.7 Å². The quantitative estimate of drug-likeness (QED) is 0.504. The molecule has 2 aromatic rings. The Kier molecular flexibility index (Phi) is 6.97. The van der Waals surface area contributed by atoms with Crippen molar-refractivity contribution >= 4 is 5.91 Å². The van der Waals surface area contributed by atoms with Crippen molar-refractivity contribution in [1.29, 1.82) is 0 Å². The van der Waals surface area contributed by atoms with Crippen molar-refractivity contribution in [1.82, 2.24) is 10.3 Å². The summed E-state index contributed by atoms with van der Waals surface area (Å²) in [6, 6.07) is 6.89. The number of nitrogens with one attached hydrogen (secondary N) is 1. The van der Waals surface area contributed by atoms with Crippen molar-refractivity contribution in [3.8, 4) is 0 Å². The molecular weight excluding hydrogens is 422 g/mol. The Hall–Kier alpha value is -2.14. The van der Waals surface area contributed by atoms with E-state index in [1.54, 1.807) is 0 Å². The molecule has 1 aromatic heterocycles. The van der Waals surface area contributed by atoms with Crippen LogP contribution in [0.2, 0.25) is 0 Å². The molecular formula is C29H43N3O2. The molecule has 186 valence electrons. The Labute approximate surface area is 205 Å². The fourth-order valence-electron chi connectivity index (χ4n) is 6.63. The Morgan fingerprint density at radius 1 is 1.26 bits per heavy atom. The number of fused-ring (bicyclic) bond motifs is 3. The highest BCUT2D eigenvalue weighted by Gasteiger charge is 2.51. The number of carbonyl (C=O) groups is 1. The number of oxazole rings is 1. The minimum absolute atomic E-state index is 0.0523. The molecule has 1 aromatic carbocycles. The topological polar surface area (TPSA) is 81.1 Å². The van der Waals surface area contributed by atoms with Crippen LogP contribution in [0.15, 0.2) is 28.9 Å². The maximum Gasteiger partial charge on any atom is 0.273 e. The Bertz CT molecular complexity index is 1030. The van der Waals surface area contributed by atoms with Crippen molar-refractivity contribution in [3.63, 3.8) is 0 Å². The van der Waals surface area contributed by atoms with Crippen molar-refractivity contribution in [2.45, 2.75) is 97.4 Å². The third-order valence-corrected chi connectivity index (χ3v) is 9.12. The van der Waals surface area contributed by atoms with Crippen LogP contribution in [-0.4, -0.2) is 17.4 Å². The van der Waals surface area contributed by atoms with Gasteiger partial charge in [-0.15, -0.1) is 0 Å². The van der Waals surface area contributed by atoms with Gasteiger partial charge in [-0.2, -0.15) is 0 Å². The highest BCUT2D eigenvalue weighted by molar-refractivity contribution is 5.91. The number of carbonyl (C=O) groups excluding carboxylic acids is 1. The molecule has 1 fully saturated rings. The molecule has 1 saturated carbocycles. The monoisotopic (exact) mass is 465 g/mol. The summed E-state index contributed by atoms with van der Waals surface area (Å²) in [5.41, 5.74) is 11.3. The zero-order valence-electron chi connectivity index (χ0n) is 21.9. The lowest BCUT2D eigenvalue weighted by Crippen LogP contribution is -2.53. The van der Waals surface area contributed by atoms with E-state index < -0.39 is 0 Å². The third-order valence-electron chi connectivity index (χ3n) is 9.12. The van der Waals surface area contributed by atoms with Gasteiger partial charge in [0.15, 0.2) is 5.69 Å². The molecule has 5 heteroatoms. The number of hydrogen-bond donors (Lipinski definition) is 2. The molecule has 0 radical (unpaired) electrons. The second kappa shape index (κ2) is 9.49. The first-order valence-corrected chi connectivity index (χ1v) is 13.2. The molecule has 4 rings (SSSR count). The number of nitrogens with two attached hydrogens (primary N) is 1. The molecule has 0 aliphatic heterocycles. The minimum Gasteiger partial charge on any atom is -0.446 e. The van der Waals surface area contributed by atoms with E-state index >= 15 is 0 Å². The number of rotatable bonds is 7. The van der Waals surface area contributed by atoms with E-state index in [0.717, 1.165) is 19.3 Å². The molecule has 1 amide bonds. The summed E-state index contributed by atoms with van der Waals surface area (Å²) in [7, 11) is 0. The van der Waals surface area contributed by atoms with Gasteiger partial charge >= 0.3 is 0 Å². The summed E-state index contributed by atoms with van der Waals surface area (Å²) in [5.74, 6) is 1.62. The Morgan fingerprint density at radius 2 is 2.03 bits per heavy atom. The summed E-state index contributed by atoms with van der Waals surface area (Å²) >= 11 is 0. The summed E-state index contributed by atoms with van der Waals surface area (Å²) < 4.78 is 5.56. The Balaban J connectivity index is 1.49. The number of hydrogen-bond acceptors (Lipinski definition) is 4. The fraction of sp³-hybridized carbons (Fsp3) is 0.655. The van der Waals surface area contributed by atoms with Gasteiger partial charge in [-0.1, -0.05) is 72.6 Å². The van der Waals surface area contributed by atoms with Crippen molar-refractivity contribution in [2.75, 3.05) is 6.54 Å². The van der Waals surface area contributed by atoms with Crippen LogP contribution in [0.1, 0.15) is 119 Å². The molecule has 34 heavy (non-hydrogen) atoms. The van der Waals surface area contributed by atoms with Crippen LogP contribution < -0.4 is 11.1 Å². The minimum atomic E-state index is -0.290. The van der Waals surface area contributed by atoms with E-state index in [2.05, 4.69) is 70.0 Å². The van der Waals surface area contributed by atoms with E-state index in [0.29, 0.717) is 30.0 Å². The molecule has 2 aliphatic rings. The predicted octanol–water partition coefficient (Wildman–Crippen LogP) is 6.28. The zero-order valence-corrected chi connectivity index (χ0v) is 21.9. The number of amides is 1. The van der Waals surface area contributed by atoms with Crippen molar-refractivity contribution in [2.24, 2.45) is 23.0 Å². The predicted molar refractivity (Wildman–Crippen MR) is 137 cm³/mol. The largest absolute Gasteiger partial charge is 0.446 e. The van der Waals surface area contributed by atoms with E-state index in [1.165, 1.54) is 42.2 Å². The van der Waals surface area contributed by atoms with E-state index in [1.807, 2.05) is 0 Å². The first-order valence-electron chi connectivity index (χ1n) is 13.2. The van der Waals surface area contributed by atoms with Gasteiger partial charge < -0.3 is 15.5 Å². The maximum absolute atomic E-state index is 13.0. The van der Waals surface area contributed by atoms with Gasteiger partial charge in [-0.3, -0.25) is 4.79 Å². The van der Waals surface area contributed by atoms with Crippen LogP contribution in [0, 0.1) is 17.3 Å². The zero-order chi connectivity index (χ0) is 24.7. The second-order valence-corrected chi connectivity index (χ2v) is 11.8. The van der Waals surface area contributed by atoms with Crippen molar-refractivity contribution < 1.29 is 9.21 Å². The van der Waals surface area contributed by atoms with Gasteiger partial charge in [0.2, 0.25) is 5.89 Å². The molecule has 1 heterocycles. The molecule has 5 nitrogen and oxygen atoms in total. The summed E-state index contributed by atoms with van der Waals surface area (Å²) in [4.78, 5) is 17.4. The standard InChI is InChI=1S/C29H43N3O2/c1-7-19(4)25(30)27-32-23(16-34-27)26(33)31-17-28(5)13-8-14-29(6)22-11-9-20(18(2)3)15-21(22)10-12-24(28)29/h9,11,15-16,18-19,24-25H,7-8,10,12-14,17,30H2,1-6H3,(H,31,33). The number of nitrogens with zero attached hydrogens (tertiary/aromatic N) is 1. The van der Waals surface area contributed by atoms with Crippen LogP contribution in [0.25, 0.3) is 0 Å². The van der Waals surface area contributed by atoms with Crippen LogP contribution in [0.5, 0.6) is 0 Å². The van der Waals surface area contributed by atoms with Crippen LogP contribution in [-0.2, 0) is 11.8 Å². The summed E-state index contributed by atoms with van der Waals surface area (Å²) in [5, 5.41) is 3.20.